The second kappa shape index (κ2) is 13.0. The van der Waals surface area contributed by atoms with E-state index in [0.29, 0.717) is 42.9 Å². The van der Waals surface area contributed by atoms with E-state index in [1.165, 1.54) is 42.5 Å². The van der Waals surface area contributed by atoms with E-state index in [1.807, 2.05) is 13.1 Å². The largest absolute Gasteiger partial charge is 0.493 e. The number of hydrogen-bond acceptors (Lipinski definition) is 3. The van der Waals surface area contributed by atoms with E-state index < -0.39 is 31.9 Å². The number of carbonyl (C=O) groups excluding carboxylic acids is 1. The summed E-state index contributed by atoms with van der Waals surface area (Å²) in [6, 6.07) is 16.3. The zero-order chi connectivity index (χ0) is 30.7. The molecule has 42 heavy (non-hydrogen) atoms. The number of ether oxygens (including phenoxy) is 1. The van der Waals surface area contributed by atoms with Gasteiger partial charge in [0.05, 0.1) is 18.6 Å². The van der Waals surface area contributed by atoms with Crippen LogP contribution in [0.25, 0.3) is 0 Å². The van der Waals surface area contributed by atoms with Gasteiger partial charge in [0.25, 0.3) is 0 Å². The second-order valence-electron chi connectivity index (χ2n) is 12.6. The summed E-state index contributed by atoms with van der Waals surface area (Å²) in [7, 11) is -2.55. The van der Waals surface area contributed by atoms with Crippen LogP contribution in [0.4, 0.5) is 18.9 Å². The van der Waals surface area contributed by atoms with Crippen molar-refractivity contribution in [2.24, 2.45) is 5.92 Å². The fourth-order valence-electron chi connectivity index (χ4n) is 5.62. The van der Waals surface area contributed by atoms with Crippen molar-refractivity contribution in [1.29, 1.82) is 0 Å². The lowest BCUT2D eigenvalue weighted by Crippen LogP contribution is -2.55. The Labute approximate surface area is 248 Å². The first-order chi connectivity index (χ1) is 19.8. The van der Waals surface area contributed by atoms with Crippen LogP contribution in [0, 0.1) is 23.4 Å². The Kier molecular flexibility index (Phi) is 9.88. The molecule has 1 heterocycles. The second-order valence-corrected chi connectivity index (χ2v) is 17.1. The minimum atomic E-state index is -2.55. The van der Waals surface area contributed by atoms with Gasteiger partial charge in [-0.25, -0.2) is 13.2 Å². The van der Waals surface area contributed by atoms with E-state index >= 15 is 4.39 Å². The van der Waals surface area contributed by atoms with Crippen LogP contribution in [0.5, 0.6) is 5.75 Å². The molecule has 1 aliphatic heterocycles. The number of amides is 1. The third-order valence-corrected chi connectivity index (χ3v) is 12.5. The minimum absolute atomic E-state index is 0.0352. The number of rotatable bonds is 13. The summed E-state index contributed by atoms with van der Waals surface area (Å²) >= 11 is 0. The first-order valence-electron chi connectivity index (χ1n) is 14.8. The highest BCUT2D eigenvalue weighted by atomic mass is 28.4. The van der Waals surface area contributed by atoms with Gasteiger partial charge in [0.1, 0.15) is 23.2 Å². The molecular weight excluding hydrogens is 555 g/mol. The van der Waals surface area contributed by atoms with Gasteiger partial charge in [-0.05, 0) is 97.8 Å². The van der Waals surface area contributed by atoms with Crippen molar-refractivity contribution >= 4 is 19.9 Å². The molecule has 8 heteroatoms. The number of hydrogen-bond donors (Lipinski definition) is 1. The standard InChI is InChI=1S/C34H42F3NO3Si/c1-6-7-20-41-28-17-19-29(31(37)21-28)32-30(33(39)38(32)27-15-13-26(36)14-16-27)18-10-24(22-34(2,3)42(4,5)40)23-8-11-25(35)12-9-23/h8-9,11-17,19,21,24,30,32,40H,6-7,10,18,20,22H2,1-5H3/t24-,30?,32?/m1/s1. The smallest absolute Gasteiger partial charge is 0.233 e. The molecule has 0 saturated carbocycles. The van der Waals surface area contributed by atoms with Crippen LogP contribution >= 0.6 is 0 Å². The molecule has 1 fully saturated rings. The van der Waals surface area contributed by atoms with Gasteiger partial charge in [-0.15, -0.1) is 0 Å². The molecule has 3 atom stereocenters. The quantitative estimate of drug-likeness (QED) is 0.122. The molecule has 3 aromatic carbocycles. The van der Waals surface area contributed by atoms with Crippen molar-refractivity contribution in [2.75, 3.05) is 11.5 Å². The van der Waals surface area contributed by atoms with Crippen molar-refractivity contribution < 1.29 is 27.5 Å². The molecule has 2 unspecified atom stereocenters. The van der Waals surface area contributed by atoms with E-state index in [0.717, 1.165) is 18.4 Å². The maximum Gasteiger partial charge on any atom is 0.233 e. The van der Waals surface area contributed by atoms with Gasteiger partial charge in [-0.2, -0.15) is 0 Å². The molecule has 1 N–H and O–H groups in total. The molecule has 0 radical (unpaired) electrons. The molecule has 1 amide bonds. The van der Waals surface area contributed by atoms with Crippen molar-refractivity contribution in [3.05, 3.63) is 95.3 Å². The number of unbranched alkanes of at least 4 members (excludes halogenated alkanes) is 1. The van der Waals surface area contributed by atoms with Crippen molar-refractivity contribution in [1.82, 2.24) is 0 Å². The van der Waals surface area contributed by atoms with Gasteiger partial charge in [0.2, 0.25) is 5.91 Å². The predicted molar refractivity (Wildman–Crippen MR) is 164 cm³/mol. The average Bonchev–Trinajstić information content (AvgIpc) is 2.92. The van der Waals surface area contributed by atoms with Crippen molar-refractivity contribution in [3.8, 4) is 5.75 Å². The first kappa shape index (κ1) is 31.8. The molecule has 0 bridgehead atoms. The van der Waals surface area contributed by atoms with E-state index in [-0.39, 0.29) is 22.7 Å². The molecule has 0 spiro atoms. The molecule has 226 valence electrons. The lowest BCUT2D eigenvalue weighted by molar-refractivity contribution is -0.130. The number of nitrogens with zero attached hydrogens (tertiary/aromatic N) is 1. The minimum Gasteiger partial charge on any atom is -0.493 e. The summed E-state index contributed by atoms with van der Waals surface area (Å²) in [6.07, 6.45) is 3.57. The molecule has 0 aliphatic carbocycles. The zero-order valence-corrected chi connectivity index (χ0v) is 26.2. The van der Waals surface area contributed by atoms with Crippen molar-refractivity contribution in [2.45, 2.75) is 83.0 Å². The van der Waals surface area contributed by atoms with Gasteiger partial charge in [-0.1, -0.05) is 45.4 Å². The highest BCUT2D eigenvalue weighted by molar-refractivity contribution is 6.72. The average molecular weight is 598 g/mol. The molecule has 4 rings (SSSR count). The molecule has 1 saturated heterocycles. The molecule has 4 nitrogen and oxygen atoms in total. The summed E-state index contributed by atoms with van der Waals surface area (Å²) in [5.41, 5.74) is 1.84. The number of anilines is 1. The molecular formula is C34H42F3NO3Si. The van der Waals surface area contributed by atoms with Gasteiger partial charge in [0.15, 0.2) is 8.32 Å². The third kappa shape index (κ3) is 7.09. The van der Waals surface area contributed by atoms with Gasteiger partial charge in [0, 0.05) is 17.3 Å². The topological polar surface area (TPSA) is 49.8 Å². The first-order valence-corrected chi connectivity index (χ1v) is 17.8. The van der Waals surface area contributed by atoms with Crippen LogP contribution in [0.15, 0.2) is 66.7 Å². The van der Waals surface area contributed by atoms with E-state index in [2.05, 4.69) is 20.8 Å². The van der Waals surface area contributed by atoms with Gasteiger partial charge in [-0.3, -0.25) is 4.79 Å². The SMILES string of the molecule is CCCCOc1ccc(C2C(CC[C@H](CC(C)(C)[Si](C)(C)O)c3ccc(F)cc3)C(=O)N2c2ccc(F)cc2)c(F)c1. The third-order valence-electron chi connectivity index (χ3n) is 8.96. The lowest BCUT2D eigenvalue weighted by atomic mass is 9.75. The number of carbonyl (C=O) groups is 1. The Morgan fingerprint density at radius 2 is 1.60 bits per heavy atom. The van der Waals surface area contributed by atoms with E-state index in [9.17, 15) is 18.4 Å². The Bertz CT molecular complexity index is 1360. The van der Waals surface area contributed by atoms with Gasteiger partial charge >= 0.3 is 0 Å². The molecule has 0 aromatic heterocycles. The highest BCUT2D eigenvalue weighted by Gasteiger charge is 2.50. The van der Waals surface area contributed by atoms with E-state index in [1.54, 1.807) is 29.2 Å². The Morgan fingerprint density at radius 1 is 0.976 bits per heavy atom. The van der Waals surface area contributed by atoms with Crippen molar-refractivity contribution in [3.63, 3.8) is 0 Å². The fraction of sp³-hybridized carbons (Fsp3) is 0.441. The summed E-state index contributed by atoms with van der Waals surface area (Å²) in [5.74, 6) is -1.44. The van der Waals surface area contributed by atoms with Crippen LogP contribution in [0.1, 0.15) is 76.0 Å². The van der Waals surface area contributed by atoms with Gasteiger partial charge < -0.3 is 14.4 Å². The van der Waals surface area contributed by atoms with Crippen LogP contribution in [-0.2, 0) is 4.79 Å². The Balaban J connectivity index is 1.63. The maximum atomic E-state index is 15.6. The van der Waals surface area contributed by atoms with Crippen LogP contribution < -0.4 is 9.64 Å². The summed E-state index contributed by atoms with van der Waals surface area (Å²) in [5, 5.41) is -0.338. The van der Waals surface area contributed by atoms with E-state index in [4.69, 9.17) is 4.74 Å². The summed E-state index contributed by atoms with van der Waals surface area (Å²) in [6.45, 7) is 10.5. The predicted octanol–water partition coefficient (Wildman–Crippen LogP) is 8.92. The number of benzene rings is 3. The summed E-state index contributed by atoms with van der Waals surface area (Å²) in [4.78, 5) is 26.2. The highest BCUT2D eigenvalue weighted by Crippen LogP contribution is 2.50. The Hall–Kier alpha value is -3.10. The Morgan fingerprint density at radius 3 is 2.17 bits per heavy atom. The van der Waals surface area contributed by atoms with Crippen LogP contribution in [0.2, 0.25) is 18.1 Å². The number of β-lactam (4-membered cyclic amide) rings is 1. The van der Waals surface area contributed by atoms with Crippen LogP contribution in [-0.4, -0.2) is 25.6 Å². The van der Waals surface area contributed by atoms with Crippen LogP contribution in [0.3, 0.4) is 0 Å². The monoisotopic (exact) mass is 597 g/mol. The normalized spacial score (nSPS) is 18.1. The number of halogens is 3. The molecule has 1 aliphatic rings. The molecule has 3 aromatic rings. The maximum absolute atomic E-state index is 15.6. The summed E-state index contributed by atoms with van der Waals surface area (Å²) < 4.78 is 48.8. The zero-order valence-electron chi connectivity index (χ0n) is 25.2. The lowest BCUT2D eigenvalue weighted by Gasteiger charge is -2.48. The fourth-order valence-corrected chi connectivity index (χ4v) is 6.36.